The van der Waals surface area contributed by atoms with E-state index in [0.29, 0.717) is 33.1 Å². The molecule has 47 heavy (non-hydrogen) atoms. The van der Waals surface area contributed by atoms with Crippen molar-refractivity contribution >= 4 is 34.3 Å². The lowest BCUT2D eigenvalue weighted by molar-refractivity contribution is -0.421. The van der Waals surface area contributed by atoms with E-state index >= 15 is 0 Å². The van der Waals surface area contributed by atoms with Crippen molar-refractivity contribution < 1.29 is 43.5 Å². The molecule has 1 saturated carbocycles. The number of fused-ring (bicyclic) bond motifs is 2. The Morgan fingerprint density at radius 2 is 1.89 bits per heavy atom. The summed E-state index contributed by atoms with van der Waals surface area (Å²) in [6.45, 7) is 9.99. The van der Waals surface area contributed by atoms with Crippen LogP contribution < -0.4 is 4.74 Å². The zero-order chi connectivity index (χ0) is 33.5. The highest BCUT2D eigenvalue weighted by atomic mass is 127. The van der Waals surface area contributed by atoms with Crippen molar-refractivity contribution in [2.45, 2.75) is 75.3 Å². The van der Waals surface area contributed by atoms with Gasteiger partial charge < -0.3 is 33.9 Å². The second-order valence-electron chi connectivity index (χ2n) is 13.8. The molecule has 2 N–H and O–H groups in total. The molecule has 2 aliphatic heterocycles. The van der Waals surface area contributed by atoms with Crippen LogP contribution in [0.5, 0.6) is 11.5 Å². The number of rotatable bonds is 8. The molecule has 248 valence electrons. The van der Waals surface area contributed by atoms with Crippen LogP contribution in [0.25, 0.3) is 0 Å². The SMILES string of the molecule is C=C(C)[C@@]12C[C@@H](C)[C@]34O[C@@](Cc5ccccc5)(O[C@H]1[C@H]3C=C(COC(=O)Cc1cc(I)c(O)c(OC)c1)C[C@@]1(O)C(=O)C(C)=C[C@H]41)O2. The number of ketones is 1. The van der Waals surface area contributed by atoms with E-state index in [2.05, 4.69) is 13.5 Å². The minimum Gasteiger partial charge on any atom is -0.504 e. The fourth-order valence-corrected chi connectivity index (χ4v) is 9.43. The normalized spacial score (nSPS) is 36.6. The molecule has 0 unspecified atom stereocenters. The number of methoxy groups -OCH3 is 1. The van der Waals surface area contributed by atoms with Crippen LogP contribution in [0, 0.1) is 21.3 Å². The first kappa shape index (κ1) is 32.5. The van der Waals surface area contributed by atoms with Crippen molar-refractivity contribution in [3.05, 3.63) is 92.6 Å². The van der Waals surface area contributed by atoms with E-state index in [1.807, 2.05) is 72.0 Å². The summed E-state index contributed by atoms with van der Waals surface area (Å²) in [6.07, 6.45) is 4.13. The van der Waals surface area contributed by atoms with Gasteiger partial charge >= 0.3 is 5.97 Å². The van der Waals surface area contributed by atoms with E-state index in [0.717, 1.165) is 11.1 Å². The summed E-state index contributed by atoms with van der Waals surface area (Å²) in [5.41, 5.74) is -0.244. The Labute approximate surface area is 287 Å². The third-order valence-corrected chi connectivity index (χ3v) is 11.6. The number of Topliss-reactive ketones (excluding diaryl/α,β-unsaturated/α-hetero) is 1. The molecule has 2 heterocycles. The van der Waals surface area contributed by atoms with Gasteiger partial charge in [-0.05, 0) is 88.8 Å². The number of halogens is 1. The molecule has 0 aromatic heterocycles. The number of esters is 1. The molecular formula is C37H39IO9. The summed E-state index contributed by atoms with van der Waals surface area (Å²) >= 11 is 1.98. The Kier molecular flexibility index (Phi) is 7.79. The molecule has 3 aliphatic carbocycles. The van der Waals surface area contributed by atoms with Crippen molar-refractivity contribution in [1.82, 2.24) is 0 Å². The van der Waals surface area contributed by atoms with E-state index in [9.17, 15) is 19.8 Å². The Bertz CT molecular complexity index is 1730. The third kappa shape index (κ3) is 4.85. The quantitative estimate of drug-likeness (QED) is 0.209. The van der Waals surface area contributed by atoms with E-state index in [-0.39, 0.29) is 42.6 Å². The first-order chi connectivity index (χ1) is 22.3. The Hall–Kier alpha value is -3.03. The molecule has 10 heteroatoms. The summed E-state index contributed by atoms with van der Waals surface area (Å²) < 4.78 is 32.5. The fourth-order valence-electron chi connectivity index (χ4n) is 8.76. The second-order valence-corrected chi connectivity index (χ2v) is 15.0. The van der Waals surface area contributed by atoms with Gasteiger partial charge in [0.2, 0.25) is 0 Å². The Morgan fingerprint density at radius 1 is 1.15 bits per heavy atom. The van der Waals surface area contributed by atoms with Crippen LogP contribution in [0.1, 0.15) is 44.7 Å². The fraction of sp³-hybridized carbons (Fsp3) is 0.459. The number of carbonyl (C=O) groups is 2. The average Bonchev–Trinajstić information content (AvgIpc) is 3.33. The molecule has 2 saturated heterocycles. The van der Waals surface area contributed by atoms with Gasteiger partial charge in [0.25, 0.3) is 5.97 Å². The van der Waals surface area contributed by atoms with E-state index in [1.54, 1.807) is 19.1 Å². The maximum Gasteiger partial charge on any atom is 0.310 e. The van der Waals surface area contributed by atoms with Crippen LogP contribution in [0.4, 0.5) is 0 Å². The number of carbonyl (C=O) groups excluding carboxylic acids is 2. The average molecular weight is 755 g/mol. The molecule has 2 aromatic rings. The van der Waals surface area contributed by atoms with Crippen molar-refractivity contribution in [2.75, 3.05) is 13.7 Å². The van der Waals surface area contributed by atoms with Crippen molar-refractivity contribution in [3.8, 4) is 11.5 Å². The number of hydrogen-bond donors (Lipinski definition) is 2. The van der Waals surface area contributed by atoms with Gasteiger partial charge in [-0.1, -0.05) is 56.0 Å². The van der Waals surface area contributed by atoms with Gasteiger partial charge in [-0.25, -0.2) is 0 Å². The van der Waals surface area contributed by atoms with Crippen LogP contribution in [-0.2, 0) is 41.4 Å². The maximum atomic E-state index is 13.8. The molecule has 0 radical (unpaired) electrons. The number of hydrogen-bond acceptors (Lipinski definition) is 9. The molecule has 0 spiro atoms. The minimum atomic E-state index is -1.81. The zero-order valence-corrected chi connectivity index (χ0v) is 29.0. The molecule has 0 amide bonds. The summed E-state index contributed by atoms with van der Waals surface area (Å²) in [4.78, 5) is 26.9. The van der Waals surface area contributed by atoms with Crippen LogP contribution in [0.2, 0.25) is 0 Å². The zero-order valence-electron chi connectivity index (χ0n) is 26.9. The number of aromatic hydroxyl groups is 1. The molecule has 3 bridgehead atoms. The lowest BCUT2D eigenvalue weighted by atomic mass is 9.55. The molecule has 8 atom stereocenters. The van der Waals surface area contributed by atoms with Crippen molar-refractivity contribution in [3.63, 3.8) is 0 Å². The number of phenols is 1. The van der Waals surface area contributed by atoms with Crippen LogP contribution >= 0.6 is 22.6 Å². The molecular weight excluding hydrogens is 715 g/mol. The van der Waals surface area contributed by atoms with Gasteiger partial charge in [0.1, 0.15) is 23.9 Å². The monoisotopic (exact) mass is 754 g/mol. The van der Waals surface area contributed by atoms with E-state index in [1.165, 1.54) is 7.11 Å². The largest absolute Gasteiger partial charge is 0.504 e. The number of benzene rings is 2. The van der Waals surface area contributed by atoms with Crippen molar-refractivity contribution in [1.29, 1.82) is 0 Å². The molecule has 3 fully saturated rings. The van der Waals surface area contributed by atoms with Gasteiger partial charge in [0, 0.05) is 18.3 Å². The lowest BCUT2D eigenvalue weighted by Crippen LogP contribution is -2.70. The summed E-state index contributed by atoms with van der Waals surface area (Å²) in [5.74, 6) is -3.34. The molecule has 9 nitrogen and oxygen atoms in total. The highest BCUT2D eigenvalue weighted by Gasteiger charge is 2.79. The number of phenolic OH excluding ortho intramolecular Hbond substituents is 1. The number of aliphatic hydroxyl groups is 1. The lowest BCUT2D eigenvalue weighted by Gasteiger charge is -2.59. The molecule has 5 aliphatic rings. The van der Waals surface area contributed by atoms with Gasteiger partial charge in [-0.2, -0.15) is 0 Å². The van der Waals surface area contributed by atoms with Gasteiger partial charge in [-0.3, -0.25) is 9.59 Å². The highest BCUT2D eigenvalue weighted by Crippen LogP contribution is 2.68. The topological polar surface area (TPSA) is 121 Å². The van der Waals surface area contributed by atoms with Crippen molar-refractivity contribution in [2.24, 2.45) is 17.8 Å². The second kappa shape index (κ2) is 11.3. The third-order valence-electron chi connectivity index (χ3n) is 10.8. The maximum absolute atomic E-state index is 13.8. The van der Waals surface area contributed by atoms with Crippen LogP contribution in [0.3, 0.4) is 0 Å². The Balaban J connectivity index is 1.26. The summed E-state index contributed by atoms with van der Waals surface area (Å²) in [5, 5.41) is 22.6. The highest BCUT2D eigenvalue weighted by molar-refractivity contribution is 14.1. The summed E-state index contributed by atoms with van der Waals surface area (Å²) in [6, 6.07) is 13.1. The number of ether oxygens (including phenoxy) is 5. The first-order valence-electron chi connectivity index (χ1n) is 15.9. The van der Waals surface area contributed by atoms with Gasteiger partial charge in [0.05, 0.1) is 29.1 Å². The molecule has 7 rings (SSSR count). The predicted octanol–water partition coefficient (Wildman–Crippen LogP) is 5.35. The van der Waals surface area contributed by atoms with Gasteiger partial charge in [-0.15, -0.1) is 0 Å². The predicted molar refractivity (Wildman–Crippen MR) is 179 cm³/mol. The molecule has 2 aromatic carbocycles. The first-order valence-corrected chi connectivity index (χ1v) is 17.0. The van der Waals surface area contributed by atoms with E-state index < -0.39 is 46.7 Å². The standard InChI is InChI=1S/C37H39IO9/c1-20(2)35-16-22(4)37-26(33(35)45-36(46-35,47-37)18-23-9-7-6-8-10-23)12-25(17-34(42)29(37)11-21(3)32(34)41)19-44-30(39)15-24-13-27(38)31(40)28(14-24)43-5/h6-14,22,26,29,33,40,42H,1,15-19H2,2-5H3/t22-,26-,29+,33+,34+,35+,36+,37+/m1/s1. The summed E-state index contributed by atoms with van der Waals surface area (Å²) in [7, 11) is 1.45. The smallest absolute Gasteiger partial charge is 0.310 e. The van der Waals surface area contributed by atoms with Gasteiger partial charge in [0.15, 0.2) is 17.3 Å². The van der Waals surface area contributed by atoms with Crippen LogP contribution in [0.15, 0.2) is 77.9 Å². The minimum absolute atomic E-state index is 0.00680. The Morgan fingerprint density at radius 3 is 2.60 bits per heavy atom. The van der Waals surface area contributed by atoms with Crippen LogP contribution in [-0.4, -0.2) is 64.6 Å². The van der Waals surface area contributed by atoms with E-state index in [4.69, 9.17) is 23.7 Å².